The van der Waals surface area contributed by atoms with Crippen LogP contribution in [0.15, 0.2) is 82.4 Å². The number of nitrogens with one attached hydrogen (secondary N) is 2. The van der Waals surface area contributed by atoms with Crippen molar-refractivity contribution < 1.29 is 14.3 Å². The van der Waals surface area contributed by atoms with Crippen LogP contribution in [0.25, 0.3) is 16.6 Å². The molecule has 38 heavy (non-hydrogen) atoms. The van der Waals surface area contributed by atoms with Crippen molar-refractivity contribution in [1.29, 1.82) is 0 Å². The van der Waals surface area contributed by atoms with Crippen molar-refractivity contribution in [3.05, 3.63) is 110 Å². The first-order valence-electron chi connectivity index (χ1n) is 12.3. The molecule has 9 heteroatoms. The number of methoxy groups -OCH3 is 1. The molecule has 3 aromatic carbocycles. The first kappa shape index (κ1) is 26.6. The summed E-state index contributed by atoms with van der Waals surface area (Å²) in [6, 6.07) is 21.2. The molecule has 1 aromatic heterocycles. The number of nitrogens with zero attached hydrogens (tertiary/aromatic N) is 2. The van der Waals surface area contributed by atoms with Gasteiger partial charge in [0, 0.05) is 20.2 Å². The summed E-state index contributed by atoms with van der Waals surface area (Å²) in [7, 11) is 1.56. The molecule has 0 fully saturated rings. The standard InChI is InChI=1S/C29H30N4O5/c1-20-7-9-22(10-8-20)18-31-27(35)19-32-25-6-4-3-5-24(25)28(36)33(29(32)37)23-13-11-21(12-14-23)17-26(34)30-15-16-38-2/h3-14H,15-19H2,1-2H3,(H,30,34)(H,31,35). The molecular weight excluding hydrogens is 484 g/mol. The van der Waals surface area contributed by atoms with E-state index in [2.05, 4.69) is 10.6 Å². The van der Waals surface area contributed by atoms with Gasteiger partial charge < -0.3 is 15.4 Å². The van der Waals surface area contributed by atoms with Crippen LogP contribution in [-0.4, -0.2) is 41.2 Å². The summed E-state index contributed by atoms with van der Waals surface area (Å²) < 4.78 is 7.29. The zero-order valence-corrected chi connectivity index (χ0v) is 21.4. The predicted octanol–water partition coefficient (Wildman–Crippen LogP) is 2.08. The summed E-state index contributed by atoms with van der Waals surface area (Å²) in [5, 5.41) is 5.92. The van der Waals surface area contributed by atoms with E-state index < -0.39 is 11.2 Å². The molecule has 0 radical (unpaired) electrons. The number of rotatable bonds is 10. The Bertz CT molecular complexity index is 1550. The Morgan fingerprint density at radius 3 is 2.24 bits per heavy atom. The van der Waals surface area contributed by atoms with E-state index in [9.17, 15) is 19.2 Å². The molecule has 0 unspecified atom stereocenters. The zero-order chi connectivity index (χ0) is 27.1. The summed E-state index contributed by atoms with van der Waals surface area (Å²) in [5.41, 5.74) is 2.43. The van der Waals surface area contributed by atoms with Crippen LogP contribution in [-0.2, 0) is 33.8 Å². The number of aromatic nitrogens is 2. The van der Waals surface area contributed by atoms with Crippen LogP contribution in [0.1, 0.15) is 16.7 Å². The van der Waals surface area contributed by atoms with Crippen molar-refractivity contribution >= 4 is 22.7 Å². The maximum Gasteiger partial charge on any atom is 0.336 e. The van der Waals surface area contributed by atoms with Crippen molar-refractivity contribution in [3.63, 3.8) is 0 Å². The van der Waals surface area contributed by atoms with Gasteiger partial charge in [0.2, 0.25) is 11.8 Å². The minimum Gasteiger partial charge on any atom is -0.383 e. The fourth-order valence-electron chi connectivity index (χ4n) is 4.11. The number of para-hydroxylation sites is 1. The minimum absolute atomic E-state index is 0.155. The van der Waals surface area contributed by atoms with Crippen LogP contribution in [0.3, 0.4) is 0 Å². The van der Waals surface area contributed by atoms with Gasteiger partial charge in [0.15, 0.2) is 0 Å². The Morgan fingerprint density at radius 2 is 1.53 bits per heavy atom. The lowest BCUT2D eigenvalue weighted by Gasteiger charge is -2.14. The third-order valence-electron chi connectivity index (χ3n) is 6.15. The van der Waals surface area contributed by atoms with Crippen LogP contribution in [0.5, 0.6) is 0 Å². The molecule has 0 aliphatic carbocycles. The van der Waals surface area contributed by atoms with Crippen molar-refractivity contribution in [2.45, 2.75) is 26.4 Å². The number of aryl methyl sites for hydroxylation is 1. The summed E-state index contributed by atoms with van der Waals surface area (Å²) in [4.78, 5) is 51.7. The second-order valence-corrected chi connectivity index (χ2v) is 8.97. The average molecular weight is 515 g/mol. The van der Waals surface area contributed by atoms with Gasteiger partial charge >= 0.3 is 5.69 Å². The zero-order valence-electron chi connectivity index (χ0n) is 21.4. The largest absolute Gasteiger partial charge is 0.383 e. The molecular formula is C29H30N4O5. The summed E-state index contributed by atoms with van der Waals surface area (Å²) >= 11 is 0. The lowest BCUT2D eigenvalue weighted by atomic mass is 10.1. The van der Waals surface area contributed by atoms with Gasteiger partial charge in [-0.2, -0.15) is 0 Å². The number of carbonyl (C=O) groups excluding carboxylic acids is 2. The number of hydrogen-bond donors (Lipinski definition) is 2. The van der Waals surface area contributed by atoms with Gasteiger partial charge in [-0.25, -0.2) is 9.36 Å². The van der Waals surface area contributed by atoms with Gasteiger partial charge in [-0.1, -0.05) is 54.1 Å². The number of ether oxygens (including phenoxy) is 1. The van der Waals surface area contributed by atoms with Crippen LogP contribution in [0.2, 0.25) is 0 Å². The Kier molecular flexibility index (Phi) is 8.50. The molecule has 2 amide bonds. The van der Waals surface area contributed by atoms with Crippen LogP contribution in [0.4, 0.5) is 0 Å². The molecule has 0 saturated heterocycles. The van der Waals surface area contributed by atoms with Gasteiger partial charge in [0.05, 0.1) is 29.6 Å². The lowest BCUT2D eigenvalue weighted by molar-refractivity contribution is -0.122. The van der Waals surface area contributed by atoms with Crippen molar-refractivity contribution in [2.75, 3.05) is 20.3 Å². The highest BCUT2D eigenvalue weighted by atomic mass is 16.5. The second-order valence-electron chi connectivity index (χ2n) is 8.97. The third kappa shape index (κ3) is 6.24. The van der Waals surface area contributed by atoms with E-state index in [1.165, 1.54) is 4.57 Å². The van der Waals surface area contributed by atoms with Crippen molar-refractivity contribution in [1.82, 2.24) is 19.8 Å². The molecule has 0 aliphatic rings. The molecule has 0 bridgehead atoms. The molecule has 4 rings (SSSR count). The molecule has 0 aliphatic heterocycles. The second kappa shape index (κ2) is 12.2. The van der Waals surface area contributed by atoms with Gasteiger partial charge in [-0.3, -0.25) is 19.0 Å². The summed E-state index contributed by atoms with van der Waals surface area (Å²) in [6.07, 6.45) is 0.155. The van der Waals surface area contributed by atoms with Gasteiger partial charge in [-0.15, -0.1) is 0 Å². The number of hydrogen-bond acceptors (Lipinski definition) is 5. The van der Waals surface area contributed by atoms with E-state index in [4.69, 9.17) is 4.74 Å². The molecule has 0 saturated carbocycles. The Labute approximate surface area is 219 Å². The van der Waals surface area contributed by atoms with Gasteiger partial charge in [0.1, 0.15) is 6.54 Å². The molecule has 196 valence electrons. The predicted molar refractivity (Wildman–Crippen MR) is 145 cm³/mol. The third-order valence-corrected chi connectivity index (χ3v) is 6.15. The molecule has 2 N–H and O–H groups in total. The topological polar surface area (TPSA) is 111 Å². The van der Waals surface area contributed by atoms with E-state index in [1.807, 2.05) is 31.2 Å². The molecule has 0 atom stereocenters. The first-order chi connectivity index (χ1) is 18.4. The smallest absolute Gasteiger partial charge is 0.336 e. The van der Waals surface area contributed by atoms with Crippen LogP contribution >= 0.6 is 0 Å². The van der Waals surface area contributed by atoms with Gasteiger partial charge in [-0.05, 0) is 42.3 Å². The Hall–Kier alpha value is -4.50. The minimum atomic E-state index is -0.621. The van der Waals surface area contributed by atoms with E-state index in [0.29, 0.717) is 36.3 Å². The number of fused-ring (bicyclic) bond motifs is 1. The van der Waals surface area contributed by atoms with Gasteiger partial charge in [0.25, 0.3) is 5.56 Å². The Balaban J connectivity index is 1.60. The maximum atomic E-state index is 13.5. The maximum absolute atomic E-state index is 13.5. The van der Waals surface area contributed by atoms with E-state index in [-0.39, 0.29) is 24.8 Å². The highest BCUT2D eigenvalue weighted by molar-refractivity contribution is 5.82. The number of amides is 2. The average Bonchev–Trinajstić information content (AvgIpc) is 2.92. The van der Waals surface area contributed by atoms with E-state index >= 15 is 0 Å². The van der Waals surface area contributed by atoms with Crippen molar-refractivity contribution in [3.8, 4) is 5.69 Å². The van der Waals surface area contributed by atoms with E-state index in [1.54, 1.807) is 55.6 Å². The number of benzene rings is 3. The lowest BCUT2D eigenvalue weighted by Crippen LogP contribution is -2.41. The summed E-state index contributed by atoms with van der Waals surface area (Å²) in [6.45, 7) is 2.91. The van der Waals surface area contributed by atoms with Crippen LogP contribution < -0.4 is 21.9 Å². The van der Waals surface area contributed by atoms with Crippen molar-refractivity contribution in [2.24, 2.45) is 0 Å². The molecule has 1 heterocycles. The molecule has 4 aromatic rings. The highest BCUT2D eigenvalue weighted by Gasteiger charge is 2.16. The van der Waals surface area contributed by atoms with Crippen LogP contribution in [0, 0.1) is 6.92 Å². The Morgan fingerprint density at radius 1 is 0.842 bits per heavy atom. The first-order valence-corrected chi connectivity index (χ1v) is 12.3. The molecule has 0 spiro atoms. The normalized spacial score (nSPS) is 10.9. The number of carbonyl (C=O) groups is 2. The fraction of sp³-hybridized carbons (Fsp3) is 0.241. The SMILES string of the molecule is COCCNC(=O)Cc1ccc(-n2c(=O)c3ccccc3n(CC(=O)NCc3ccc(C)cc3)c2=O)cc1. The quantitative estimate of drug-likeness (QED) is 0.315. The summed E-state index contributed by atoms with van der Waals surface area (Å²) in [5.74, 6) is -0.505. The molecule has 9 nitrogen and oxygen atoms in total. The fourth-order valence-corrected chi connectivity index (χ4v) is 4.11. The highest BCUT2D eigenvalue weighted by Crippen LogP contribution is 2.12. The van der Waals surface area contributed by atoms with E-state index in [0.717, 1.165) is 21.3 Å². The monoisotopic (exact) mass is 514 g/mol.